The third-order valence-corrected chi connectivity index (χ3v) is 4.64. The number of hydroxylamine groups is 1. The fourth-order valence-corrected chi connectivity index (χ4v) is 2.99. The average Bonchev–Trinajstić information content (AvgIpc) is 2.85. The Bertz CT molecular complexity index is 970. The SMILES string of the molecule is COc1ccc(NC(=O)O[C@H](CC/C=C/C(C)=C/C(=O)NO)c2ccc(OCCO)cc2)cc1. The van der Waals surface area contributed by atoms with Gasteiger partial charge in [-0.25, -0.2) is 10.3 Å². The van der Waals surface area contributed by atoms with Gasteiger partial charge in [-0.05, 0) is 67.3 Å². The standard InChI is InChI=1S/C25H30N2O7/c1-18(17-24(29)27-31)5-3-4-6-23(19-7-11-22(12-8-19)33-16-15-28)34-25(30)26-20-9-13-21(32-2)14-10-20/h3,5,7-14,17,23,28,31H,4,6,15-16H2,1-2H3,(H,26,30)(H,27,29)/b5-3+,18-17+/t23-/m1/s1. The van der Waals surface area contributed by atoms with Gasteiger partial charge in [0.05, 0.1) is 13.7 Å². The van der Waals surface area contributed by atoms with E-state index in [0.717, 1.165) is 5.56 Å². The Morgan fingerprint density at radius 3 is 2.35 bits per heavy atom. The van der Waals surface area contributed by atoms with Crippen molar-refractivity contribution in [2.45, 2.75) is 25.9 Å². The van der Waals surface area contributed by atoms with Crippen molar-refractivity contribution in [3.05, 3.63) is 77.9 Å². The van der Waals surface area contributed by atoms with E-state index in [-0.39, 0.29) is 13.2 Å². The highest BCUT2D eigenvalue weighted by molar-refractivity contribution is 5.87. The van der Waals surface area contributed by atoms with Gasteiger partial charge in [-0.3, -0.25) is 15.3 Å². The van der Waals surface area contributed by atoms with Gasteiger partial charge in [0.2, 0.25) is 0 Å². The molecule has 182 valence electrons. The van der Waals surface area contributed by atoms with Crippen molar-refractivity contribution in [1.29, 1.82) is 0 Å². The lowest BCUT2D eigenvalue weighted by atomic mass is 10.0. The second-order valence-electron chi connectivity index (χ2n) is 7.23. The molecule has 4 N–H and O–H groups in total. The molecule has 0 saturated carbocycles. The minimum absolute atomic E-state index is 0.0841. The van der Waals surface area contributed by atoms with Gasteiger partial charge in [-0.1, -0.05) is 24.3 Å². The number of aliphatic hydroxyl groups excluding tert-OH is 1. The lowest BCUT2D eigenvalue weighted by molar-refractivity contribution is -0.124. The summed E-state index contributed by atoms with van der Waals surface area (Å²) in [5, 5.41) is 20.2. The highest BCUT2D eigenvalue weighted by atomic mass is 16.6. The van der Waals surface area contributed by atoms with Crippen LogP contribution in [0.4, 0.5) is 10.5 Å². The molecule has 0 aromatic heterocycles. The second kappa shape index (κ2) is 14.4. The highest BCUT2D eigenvalue weighted by Gasteiger charge is 2.17. The van der Waals surface area contributed by atoms with Crippen molar-refractivity contribution < 1.29 is 34.1 Å². The third-order valence-electron chi connectivity index (χ3n) is 4.64. The van der Waals surface area contributed by atoms with Crippen LogP contribution in [-0.4, -0.2) is 42.6 Å². The molecule has 34 heavy (non-hydrogen) atoms. The van der Waals surface area contributed by atoms with Crippen LogP contribution in [-0.2, 0) is 9.53 Å². The summed E-state index contributed by atoms with van der Waals surface area (Å²) in [4.78, 5) is 23.7. The number of aliphatic hydroxyl groups is 1. The van der Waals surface area contributed by atoms with Gasteiger partial charge >= 0.3 is 6.09 Å². The molecule has 1 atom stereocenters. The van der Waals surface area contributed by atoms with Crippen LogP contribution >= 0.6 is 0 Å². The summed E-state index contributed by atoms with van der Waals surface area (Å²) in [5.41, 5.74) is 3.55. The zero-order chi connectivity index (χ0) is 24.8. The lowest BCUT2D eigenvalue weighted by Gasteiger charge is -2.19. The molecule has 2 amide bonds. The second-order valence-corrected chi connectivity index (χ2v) is 7.23. The van der Waals surface area contributed by atoms with Crippen LogP contribution in [0, 0.1) is 0 Å². The predicted octanol–water partition coefficient (Wildman–Crippen LogP) is 4.14. The molecule has 0 aliphatic carbocycles. The zero-order valence-corrected chi connectivity index (χ0v) is 19.2. The van der Waals surface area contributed by atoms with E-state index < -0.39 is 18.1 Å². The van der Waals surface area contributed by atoms with Crippen LogP contribution in [0.3, 0.4) is 0 Å². The first kappa shape index (κ1) is 26.4. The number of benzene rings is 2. The zero-order valence-electron chi connectivity index (χ0n) is 19.2. The fraction of sp³-hybridized carbons (Fsp3) is 0.280. The number of methoxy groups -OCH3 is 1. The van der Waals surface area contributed by atoms with Crippen LogP contribution in [0.5, 0.6) is 11.5 Å². The molecule has 0 bridgehead atoms. The fourth-order valence-electron chi connectivity index (χ4n) is 2.99. The number of amides is 2. The van der Waals surface area contributed by atoms with Crippen LogP contribution in [0.1, 0.15) is 31.4 Å². The van der Waals surface area contributed by atoms with Crippen molar-refractivity contribution in [2.24, 2.45) is 0 Å². The van der Waals surface area contributed by atoms with E-state index in [1.165, 1.54) is 6.08 Å². The monoisotopic (exact) mass is 470 g/mol. The summed E-state index contributed by atoms with van der Waals surface area (Å²) in [6, 6.07) is 14.0. The highest BCUT2D eigenvalue weighted by Crippen LogP contribution is 2.26. The Morgan fingerprint density at radius 1 is 1.06 bits per heavy atom. The molecule has 2 rings (SSSR count). The van der Waals surface area contributed by atoms with E-state index in [0.29, 0.717) is 35.6 Å². The summed E-state index contributed by atoms with van der Waals surface area (Å²) in [6.45, 7) is 1.84. The summed E-state index contributed by atoms with van der Waals surface area (Å²) >= 11 is 0. The van der Waals surface area contributed by atoms with E-state index in [2.05, 4.69) is 5.32 Å². The number of carbonyl (C=O) groups is 2. The molecule has 0 radical (unpaired) electrons. The Kier molecular flexibility index (Phi) is 11.2. The number of rotatable bonds is 12. The molecule has 9 nitrogen and oxygen atoms in total. The number of hydrogen-bond acceptors (Lipinski definition) is 7. The van der Waals surface area contributed by atoms with Gasteiger partial charge in [0, 0.05) is 11.8 Å². The quantitative estimate of drug-likeness (QED) is 0.159. The first-order valence-electron chi connectivity index (χ1n) is 10.7. The van der Waals surface area contributed by atoms with Crippen molar-refractivity contribution in [3.8, 4) is 11.5 Å². The molecule has 0 fully saturated rings. The number of hydrogen-bond donors (Lipinski definition) is 4. The van der Waals surface area contributed by atoms with Gasteiger partial charge in [-0.2, -0.15) is 0 Å². The molecule has 2 aromatic carbocycles. The maximum absolute atomic E-state index is 12.5. The van der Waals surface area contributed by atoms with Crippen LogP contribution in [0.25, 0.3) is 0 Å². The van der Waals surface area contributed by atoms with E-state index in [9.17, 15) is 9.59 Å². The summed E-state index contributed by atoms with van der Waals surface area (Å²) in [5.74, 6) is 0.664. The third kappa shape index (κ3) is 9.35. The number of nitrogens with one attached hydrogen (secondary N) is 2. The molecular formula is C25H30N2O7. The van der Waals surface area contributed by atoms with E-state index in [1.54, 1.807) is 74.1 Å². The molecule has 2 aromatic rings. The lowest BCUT2D eigenvalue weighted by Crippen LogP contribution is -2.17. The van der Waals surface area contributed by atoms with Crippen molar-refractivity contribution in [3.63, 3.8) is 0 Å². The van der Waals surface area contributed by atoms with Gasteiger partial charge in [-0.15, -0.1) is 0 Å². The summed E-state index contributed by atoms with van der Waals surface area (Å²) in [6.07, 6.45) is 4.77. The molecule has 0 unspecified atom stereocenters. The number of carbonyl (C=O) groups excluding carboxylic acids is 2. The molecule has 0 saturated heterocycles. The van der Waals surface area contributed by atoms with Gasteiger partial charge in [0.25, 0.3) is 5.91 Å². The predicted molar refractivity (Wildman–Crippen MR) is 127 cm³/mol. The normalized spacial score (nSPS) is 12.2. The van der Waals surface area contributed by atoms with E-state index in [4.69, 9.17) is 24.5 Å². The Labute approximate surface area is 198 Å². The van der Waals surface area contributed by atoms with Crippen LogP contribution < -0.4 is 20.3 Å². The Morgan fingerprint density at radius 2 is 1.74 bits per heavy atom. The molecule has 9 heteroatoms. The molecule has 0 heterocycles. The summed E-state index contributed by atoms with van der Waals surface area (Å²) < 4.78 is 16.2. The molecular weight excluding hydrogens is 440 g/mol. The Hall–Kier alpha value is -3.82. The summed E-state index contributed by atoms with van der Waals surface area (Å²) in [7, 11) is 1.56. The number of ether oxygens (including phenoxy) is 3. The van der Waals surface area contributed by atoms with E-state index in [1.807, 2.05) is 6.08 Å². The smallest absolute Gasteiger partial charge is 0.412 e. The number of allylic oxidation sites excluding steroid dienone is 3. The maximum atomic E-state index is 12.5. The minimum atomic E-state index is -0.609. The Balaban J connectivity index is 2.07. The van der Waals surface area contributed by atoms with Crippen LogP contribution in [0.15, 0.2) is 72.3 Å². The molecule has 0 aliphatic rings. The van der Waals surface area contributed by atoms with E-state index >= 15 is 0 Å². The maximum Gasteiger partial charge on any atom is 0.412 e. The average molecular weight is 471 g/mol. The first-order chi connectivity index (χ1) is 16.4. The van der Waals surface area contributed by atoms with Gasteiger partial charge < -0.3 is 19.3 Å². The number of anilines is 1. The van der Waals surface area contributed by atoms with Crippen molar-refractivity contribution >= 4 is 17.7 Å². The van der Waals surface area contributed by atoms with Gasteiger partial charge in [0.1, 0.15) is 24.2 Å². The molecule has 0 aliphatic heterocycles. The van der Waals surface area contributed by atoms with Gasteiger partial charge in [0.15, 0.2) is 0 Å². The topological polar surface area (TPSA) is 126 Å². The largest absolute Gasteiger partial charge is 0.497 e. The van der Waals surface area contributed by atoms with Crippen molar-refractivity contribution in [2.75, 3.05) is 25.6 Å². The van der Waals surface area contributed by atoms with Crippen molar-refractivity contribution in [1.82, 2.24) is 5.48 Å². The van der Waals surface area contributed by atoms with Crippen LogP contribution in [0.2, 0.25) is 0 Å². The first-order valence-corrected chi connectivity index (χ1v) is 10.7. The minimum Gasteiger partial charge on any atom is -0.497 e. The molecule has 0 spiro atoms.